The average molecular weight is 300 g/mol. The van der Waals surface area contributed by atoms with Crippen molar-refractivity contribution in [2.45, 2.75) is 64.8 Å². The molecule has 0 bridgehead atoms. The molecule has 3 nitrogen and oxygen atoms in total. The molecular formula is C19H28N2O. The van der Waals surface area contributed by atoms with Gasteiger partial charge in [0.1, 0.15) is 0 Å². The highest BCUT2D eigenvalue weighted by molar-refractivity contribution is 5.98. The van der Waals surface area contributed by atoms with Crippen LogP contribution in [0.1, 0.15) is 69.3 Å². The van der Waals surface area contributed by atoms with Gasteiger partial charge in [0.15, 0.2) is 0 Å². The number of amides is 1. The molecule has 1 fully saturated rings. The minimum absolute atomic E-state index is 0.0100. The highest BCUT2D eigenvalue weighted by atomic mass is 16.2. The second kappa shape index (κ2) is 5.00. The van der Waals surface area contributed by atoms with Gasteiger partial charge in [-0.2, -0.15) is 0 Å². The molecule has 2 aliphatic rings. The van der Waals surface area contributed by atoms with Gasteiger partial charge in [-0.3, -0.25) is 4.79 Å². The van der Waals surface area contributed by atoms with E-state index in [9.17, 15) is 4.79 Å². The van der Waals surface area contributed by atoms with Crippen molar-refractivity contribution < 1.29 is 4.79 Å². The topological polar surface area (TPSA) is 46.3 Å². The van der Waals surface area contributed by atoms with Crippen LogP contribution in [0.5, 0.6) is 0 Å². The van der Waals surface area contributed by atoms with Gasteiger partial charge >= 0.3 is 0 Å². The van der Waals surface area contributed by atoms with E-state index >= 15 is 0 Å². The monoisotopic (exact) mass is 300 g/mol. The van der Waals surface area contributed by atoms with E-state index in [1.54, 1.807) is 0 Å². The predicted molar refractivity (Wildman–Crippen MR) is 91.0 cm³/mol. The first-order valence-corrected chi connectivity index (χ1v) is 8.41. The zero-order chi connectivity index (χ0) is 16.1. The second-order valence-corrected chi connectivity index (χ2v) is 8.52. The Hall–Kier alpha value is -1.51. The third-order valence-electron chi connectivity index (χ3n) is 5.58. The maximum atomic E-state index is 13.0. The van der Waals surface area contributed by atoms with Crippen LogP contribution in [0, 0.1) is 5.41 Å². The van der Waals surface area contributed by atoms with Gasteiger partial charge in [0.05, 0.1) is 0 Å². The van der Waals surface area contributed by atoms with E-state index in [0.717, 1.165) is 30.5 Å². The smallest absolute Gasteiger partial charge is 0.254 e. The Balaban J connectivity index is 1.91. The molecule has 3 heteroatoms. The Morgan fingerprint density at radius 3 is 2.41 bits per heavy atom. The highest BCUT2D eigenvalue weighted by Gasteiger charge is 2.41. The first kappa shape index (κ1) is 15.4. The van der Waals surface area contributed by atoms with Crippen LogP contribution >= 0.6 is 0 Å². The molecule has 1 heterocycles. The van der Waals surface area contributed by atoms with E-state index in [-0.39, 0.29) is 11.3 Å². The third-order valence-corrected chi connectivity index (χ3v) is 5.58. The standard InChI is InChI=1S/C19H28N2O/c1-18(2)9-7-14(8-10-18)21-12-19(3,4)16-6-5-13(20)11-15(16)17(21)22/h5-6,11,14H,7-10,12,20H2,1-4H3. The fourth-order valence-electron chi connectivity index (χ4n) is 4.06. The lowest BCUT2D eigenvalue weighted by Gasteiger charge is -2.46. The number of nitrogens with zero attached hydrogens (tertiary/aromatic N) is 1. The van der Waals surface area contributed by atoms with Crippen molar-refractivity contribution in [3.05, 3.63) is 29.3 Å². The van der Waals surface area contributed by atoms with Crippen LogP contribution in [0.15, 0.2) is 18.2 Å². The predicted octanol–water partition coefficient (Wildman–Crippen LogP) is 3.97. The molecule has 1 aromatic rings. The van der Waals surface area contributed by atoms with Gasteiger partial charge < -0.3 is 10.6 Å². The van der Waals surface area contributed by atoms with E-state index in [2.05, 4.69) is 32.6 Å². The first-order chi connectivity index (χ1) is 10.2. The average Bonchev–Trinajstić information content (AvgIpc) is 2.43. The van der Waals surface area contributed by atoms with Crippen LogP contribution in [-0.4, -0.2) is 23.4 Å². The molecule has 2 N–H and O–H groups in total. The molecule has 0 unspecified atom stereocenters. The van der Waals surface area contributed by atoms with Gasteiger partial charge in [-0.25, -0.2) is 0 Å². The van der Waals surface area contributed by atoms with E-state index in [1.807, 2.05) is 18.2 Å². The van der Waals surface area contributed by atoms with Gasteiger partial charge in [-0.15, -0.1) is 0 Å². The van der Waals surface area contributed by atoms with Crippen LogP contribution in [0.25, 0.3) is 0 Å². The maximum Gasteiger partial charge on any atom is 0.254 e. The number of nitrogens with two attached hydrogens (primary N) is 1. The second-order valence-electron chi connectivity index (χ2n) is 8.52. The number of carbonyl (C=O) groups is 1. The number of fused-ring (bicyclic) bond motifs is 1. The zero-order valence-electron chi connectivity index (χ0n) is 14.3. The molecule has 1 saturated carbocycles. The lowest BCUT2D eigenvalue weighted by Crippen LogP contribution is -2.52. The van der Waals surface area contributed by atoms with Crippen molar-refractivity contribution >= 4 is 11.6 Å². The van der Waals surface area contributed by atoms with Gasteiger partial charge in [0.2, 0.25) is 0 Å². The van der Waals surface area contributed by atoms with Gasteiger partial charge in [0.25, 0.3) is 5.91 Å². The quantitative estimate of drug-likeness (QED) is 0.798. The summed E-state index contributed by atoms with van der Waals surface area (Å²) >= 11 is 0. The van der Waals surface area contributed by atoms with Crippen molar-refractivity contribution in [1.29, 1.82) is 0 Å². The van der Waals surface area contributed by atoms with Crippen molar-refractivity contribution in [3.8, 4) is 0 Å². The molecule has 1 aromatic carbocycles. The molecule has 1 amide bonds. The fourth-order valence-corrected chi connectivity index (χ4v) is 4.06. The number of benzene rings is 1. The Kier molecular flexibility index (Phi) is 3.50. The van der Waals surface area contributed by atoms with E-state index in [1.165, 1.54) is 12.8 Å². The maximum absolute atomic E-state index is 13.0. The SMILES string of the molecule is CC1(C)CCC(N2CC(C)(C)c3ccc(N)cc3C2=O)CC1. The molecule has 1 aliphatic carbocycles. The van der Waals surface area contributed by atoms with E-state index in [4.69, 9.17) is 5.73 Å². The number of anilines is 1. The first-order valence-electron chi connectivity index (χ1n) is 8.41. The lowest BCUT2D eigenvalue weighted by molar-refractivity contribution is 0.0466. The van der Waals surface area contributed by atoms with Gasteiger partial charge in [-0.1, -0.05) is 33.8 Å². The van der Waals surface area contributed by atoms with Crippen LogP contribution in [0.3, 0.4) is 0 Å². The molecule has 0 atom stereocenters. The minimum atomic E-state index is -0.0100. The summed E-state index contributed by atoms with van der Waals surface area (Å²) in [6, 6.07) is 6.18. The summed E-state index contributed by atoms with van der Waals surface area (Å²) in [5.41, 5.74) is 8.96. The Morgan fingerprint density at radius 2 is 1.77 bits per heavy atom. The molecule has 0 radical (unpaired) electrons. The summed E-state index contributed by atoms with van der Waals surface area (Å²) < 4.78 is 0. The van der Waals surface area contributed by atoms with Crippen molar-refractivity contribution in [3.63, 3.8) is 0 Å². The largest absolute Gasteiger partial charge is 0.399 e. The van der Waals surface area contributed by atoms with Gasteiger partial charge in [0, 0.05) is 29.3 Å². The third kappa shape index (κ3) is 2.62. The molecule has 0 spiro atoms. The van der Waals surface area contributed by atoms with Crippen LogP contribution in [0.4, 0.5) is 5.69 Å². The van der Waals surface area contributed by atoms with Crippen molar-refractivity contribution in [1.82, 2.24) is 4.90 Å². The van der Waals surface area contributed by atoms with Gasteiger partial charge in [-0.05, 0) is 48.8 Å². The molecule has 22 heavy (non-hydrogen) atoms. The summed E-state index contributed by atoms with van der Waals surface area (Å²) in [6.07, 6.45) is 4.64. The van der Waals surface area contributed by atoms with Crippen LogP contribution in [-0.2, 0) is 5.41 Å². The molecule has 0 aromatic heterocycles. The number of hydrogen-bond acceptors (Lipinski definition) is 2. The van der Waals surface area contributed by atoms with E-state index in [0.29, 0.717) is 17.1 Å². The summed E-state index contributed by atoms with van der Waals surface area (Å²) in [5.74, 6) is 0.173. The molecule has 0 saturated heterocycles. The Labute approximate surface area is 133 Å². The van der Waals surface area contributed by atoms with Crippen molar-refractivity contribution in [2.24, 2.45) is 5.41 Å². The molecule has 3 rings (SSSR count). The molecule has 1 aliphatic heterocycles. The van der Waals surface area contributed by atoms with Crippen LogP contribution < -0.4 is 5.73 Å². The zero-order valence-corrected chi connectivity index (χ0v) is 14.3. The highest BCUT2D eigenvalue weighted by Crippen LogP contribution is 2.41. The molecule has 120 valence electrons. The number of hydrogen-bond donors (Lipinski definition) is 1. The summed E-state index contributed by atoms with van der Waals surface area (Å²) in [7, 11) is 0. The summed E-state index contributed by atoms with van der Waals surface area (Å²) in [5, 5.41) is 0. The fraction of sp³-hybridized carbons (Fsp3) is 0.632. The number of carbonyl (C=O) groups excluding carboxylic acids is 1. The minimum Gasteiger partial charge on any atom is -0.399 e. The Bertz CT molecular complexity index is 593. The summed E-state index contributed by atoms with van der Waals surface area (Å²) in [6.45, 7) is 9.94. The normalized spacial score (nSPS) is 24.2. The number of rotatable bonds is 1. The molecular weight excluding hydrogens is 272 g/mol. The lowest BCUT2D eigenvalue weighted by atomic mass is 9.73. The van der Waals surface area contributed by atoms with Crippen LogP contribution in [0.2, 0.25) is 0 Å². The number of nitrogen functional groups attached to an aromatic ring is 1. The summed E-state index contributed by atoms with van der Waals surface area (Å²) in [4.78, 5) is 15.1. The van der Waals surface area contributed by atoms with E-state index < -0.39 is 0 Å². The van der Waals surface area contributed by atoms with Crippen molar-refractivity contribution in [2.75, 3.05) is 12.3 Å². The Morgan fingerprint density at radius 1 is 1.14 bits per heavy atom.